The molecule has 4 aromatic rings. The fraction of sp³-hybridized carbons (Fsp3) is 0.385. The molecule has 2 saturated heterocycles. The van der Waals surface area contributed by atoms with Crippen molar-refractivity contribution in [1.82, 2.24) is 9.80 Å². The largest absolute Gasteiger partial charge is 0.422 e. The average Bonchev–Trinajstić information content (AvgIpc) is 2.87. The van der Waals surface area contributed by atoms with Crippen LogP contribution in [-0.2, 0) is 0 Å². The fourth-order valence-electron chi connectivity index (χ4n) is 5.02. The van der Waals surface area contributed by atoms with E-state index < -0.39 is 11.3 Å². The number of piperidine rings is 2. The van der Waals surface area contributed by atoms with Crippen molar-refractivity contribution in [1.29, 1.82) is 0 Å². The van der Waals surface area contributed by atoms with Gasteiger partial charge in [-0.1, -0.05) is 0 Å². The van der Waals surface area contributed by atoms with Crippen molar-refractivity contribution < 1.29 is 14.3 Å². The third kappa shape index (κ3) is 4.81. The summed E-state index contributed by atoms with van der Waals surface area (Å²) in [6.45, 7) is 3.88. The van der Waals surface area contributed by atoms with E-state index in [4.69, 9.17) is 8.83 Å². The zero-order valence-electron chi connectivity index (χ0n) is 19.9. The monoisotopic (exact) mass is 512 g/mol. The average molecular weight is 513 g/mol. The van der Waals surface area contributed by atoms with Crippen molar-refractivity contribution >= 4 is 69.2 Å². The summed E-state index contributed by atoms with van der Waals surface area (Å²) in [5.41, 5.74) is 0.809. The van der Waals surface area contributed by atoms with Gasteiger partial charge in [0.2, 0.25) is 0 Å². The summed E-state index contributed by atoms with van der Waals surface area (Å²) in [6, 6.07) is 6.83. The van der Waals surface area contributed by atoms with Gasteiger partial charge in [0.05, 0.1) is 34.8 Å². The molecule has 2 aromatic heterocycles. The van der Waals surface area contributed by atoms with Gasteiger partial charge in [0.15, 0.2) is 0 Å². The van der Waals surface area contributed by atoms with Crippen LogP contribution in [-0.4, -0.2) is 54.1 Å². The molecule has 9 nitrogen and oxygen atoms in total. The van der Waals surface area contributed by atoms with Gasteiger partial charge in [-0.25, -0.2) is 19.6 Å². The zero-order chi connectivity index (χ0) is 23.1. The Labute approximate surface area is 213 Å². The van der Waals surface area contributed by atoms with Gasteiger partial charge in [-0.3, -0.25) is 0 Å². The molecule has 2 aliphatic rings. The standard InChI is InChI=1S/C26H26N4O4.ClH.H2O/c31-25-19-11-17(27-15-29-7-3-1-4-8-29)13-21-23(19)24-20(26(32)33-21)12-18(14-22(24)34-25)28-16-30-9-5-2-6-10-30;;/h11-16H,1-10H2;1H;1H2/b27-15+,28-16+;;. The second-order valence-electron chi connectivity index (χ2n) is 9.19. The normalized spacial score (nSPS) is 16.9. The molecule has 2 aromatic carbocycles. The molecule has 0 radical (unpaired) electrons. The van der Waals surface area contributed by atoms with Crippen LogP contribution in [0.3, 0.4) is 0 Å². The molecule has 10 heteroatoms. The first kappa shape index (κ1) is 25.7. The van der Waals surface area contributed by atoms with E-state index in [0.717, 1.165) is 51.9 Å². The van der Waals surface area contributed by atoms with Crippen LogP contribution >= 0.6 is 12.4 Å². The van der Waals surface area contributed by atoms with Crippen molar-refractivity contribution in [3.63, 3.8) is 0 Å². The summed E-state index contributed by atoms with van der Waals surface area (Å²) in [6.07, 6.45) is 10.7. The number of hydrogen-bond donors (Lipinski definition) is 0. The van der Waals surface area contributed by atoms with Gasteiger partial charge in [-0.15, -0.1) is 12.4 Å². The van der Waals surface area contributed by atoms with Crippen molar-refractivity contribution in [2.75, 3.05) is 26.2 Å². The van der Waals surface area contributed by atoms with Crippen LogP contribution in [0.2, 0.25) is 0 Å². The number of halogens is 1. The molecule has 0 unspecified atom stereocenters. The number of aliphatic imine (C=N–C) groups is 2. The fourth-order valence-corrected chi connectivity index (χ4v) is 5.02. The predicted octanol–water partition coefficient (Wildman–Crippen LogP) is 4.38. The Kier molecular flexibility index (Phi) is 7.61. The van der Waals surface area contributed by atoms with E-state index in [1.54, 1.807) is 36.9 Å². The van der Waals surface area contributed by atoms with E-state index in [-0.39, 0.29) is 17.9 Å². The minimum absolute atomic E-state index is 0. The highest BCUT2D eigenvalue weighted by Gasteiger charge is 2.19. The summed E-state index contributed by atoms with van der Waals surface area (Å²) in [5, 5.41) is 1.89. The molecular formula is C26H29ClN4O5. The molecule has 0 spiro atoms. The van der Waals surface area contributed by atoms with Gasteiger partial charge in [0.25, 0.3) is 0 Å². The molecule has 0 bridgehead atoms. The highest BCUT2D eigenvalue weighted by molar-refractivity contribution is 6.20. The van der Waals surface area contributed by atoms with Crippen LogP contribution in [0.4, 0.5) is 11.4 Å². The number of nitrogens with zero attached hydrogens (tertiary/aromatic N) is 4. The zero-order valence-corrected chi connectivity index (χ0v) is 20.7. The lowest BCUT2D eigenvalue weighted by atomic mass is 10.0. The number of likely N-dealkylation sites (tertiary alicyclic amines) is 2. The van der Waals surface area contributed by atoms with Crippen LogP contribution < -0.4 is 11.3 Å². The van der Waals surface area contributed by atoms with E-state index in [0.29, 0.717) is 44.1 Å². The first-order valence-electron chi connectivity index (χ1n) is 12.0. The van der Waals surface area contributed by atoms with Gasteiger partial charge in [-0.05, 0) is 50.7 Å². The Morgan fingerprint density at radius 3 is 1.42 bits per heavy atom. The maximum Gasteiger partial charge on any atom is 0.344 e. The Morgan fingerprint density at radius 2 is 1.03 bits per heavy atom. The molecule has 0 amide bonds. The molecule has 2 aliphatic heterocycles. The van der Waals surface area contributed by atoms with E-state index in [1.807, 2.05) is 0 Å². The molecular weight excluding hydrogens is 484 g/mol. The van der Waals surface area contributed by atoms with Crippen LogP contribution in [0, 0.1) is 0 Å². The lowest BCUT2D eigenvalue weighted by Gasteiger charge is -2.23. The van der Waals surface area contributed by atoms with E-state index >= 15 is 0 Å². The number of benzene rings is 2. The van der Waals surface area contributed by atoms with E-state index in [1.165, 1.54) is 12.8 Å². The highest BCUT2D eigenvalue weighted by Crippen LogP contribution is 2.35. The smallest absolute Gasteiger partial charge is 0.344 e. The minimum atomic E-state index is -0.486. The summed E-state index contributed by atoms with van der Waals surface area (Å²) < 4.78 is 11.3. The van der Waals surface area contributed by atoms with Crippen LogP contribution in [0.25, 0.3) is 32.7 Å². The van der Waals surface area contributed by atoms with Gasteiger partial charge < -0.3 is 24.1 Å². The number of rotatable bonds is 4. The SMILES string of the molecule is Cl.O.O=c1oc2cc(/N=C/N3CCCCC3)cc3c(=O)oc4cc(/N=C/N5CCCCC5)cc1c4c23. The van der Waals surface area contributed by atoms with Gasteiger partial charge in [0.1, 0.15) is 11.2 Å². The van der Waals surface area contributed by atoms with Gasteiger partial charge >= 0.3 is 11.3 Å². The second kappa shape index (κ2) is 10.7. The van der Waals surface area contributed by atoms with E-state index in [2.05, 4.69) is 19.8 Å². The third-order valence-corrected chi connectivity index (χ3v) is 6.79. The molecule has 4 heterocycles. The molecule has 36 heavy (non-hydrogen) atoms. The molecule has 2 fully saturated rings. The van der Waals surface area contributed by atoms with Crippen LogP contribution in [0.1, 0.15) is 38.5 Å². The Hall–Kier alpha value is -3.43. The minimum Gasteiger partial charge on any atom is -0.422 e. The predicted molar refractivity (Wildman–Crippen MR) is 145 cm³/mol. The van der Waals surface area contributed by atoms with Crippen molar-refractivity contribution in [2.24, 2.45) is 9.98 Å². The molecule has 6 rings (SSSR count). The summed E-state index contributed by atoms with van der Waals surface area (Å²) in [7, 11) is 0. The Morgan fingerprint density at radius 1 is 0.639 bits per heavy atom. The van der Waals surface area contributed by atoms with Crippen LogP contribution in [0.5, 0.6) is 0 Å². The van der Waals surface area contributed by atoms with Gasteiger partial charge in [0, 0.05) is 49.1 Å². The lowest BCUT2D eigenvalue weighted by Crippen LogP contribution is -2.28. The van der Waals surface area contributed by atoms with Crippen molar-refractivity contribution in [3.05, 3.63) is 45.1 Å². The summed E-state index contributed by atoms with van der Waals surface area (Å²) >= 11 is 0. The molecule has 0 atom stereocenters. The Balaban J connectivity index is 0.00000152. The second-order valence-corrected chi connectivity index (χ2v) is 9.19. The van der Waals surface area contributed by atoms with Crippen molar-refractivity contribution in [3.8, 4) is 0 Å². The van der Waals surface area contributed by atoms with Gasteiger partial charge in [-0.2, -0.15) is 0 Å². The van der Waals surface area contributed by atoms with Crippen LogP contribution in [0.15, 0.2) is 52.7 Å². The molecule has 0 saturated carbocycles. The maximum atomic E-state index is 12.9. The quantitative estimate of drug-likeness (QED) is 0.173. The maximum absolute atomic E-state index is 12.9. The number of hydrogen-bond acceptors (Lipinski definition) is 6. The Bertz CT molecular complexity index is 1420. The summed E-state index contributed by atoms with van der Waals surface area (Å²) in [5.74, 6) is 0. The molecule has 0 aliphatic carbocycles. The highest BCUT2D eigenvalue weighted by atomic mass is 35.5. The lowest BCUT2D eigenvalue weighted by molar-refractivity contribution is 0.351. The van der Waals surface area contributed by atoms with Crippen molar-refractivity contribution in [2.45, 2.75) is 38.5 Å². The first-order chi connectivity index (χ1) is 16.7. The molecule has 190 valence electrons. The molecule has 2 N–H and O–H groups in total. The topological polar surface area (TPSA) is 123 Å². The third-order valence-electron chi connectivity index (χ3n) is 6.79. The summed E-state index contributed by atoms with van der Waals surface area (Å²) in [4.78, 5) is 39.3. The van der Waals surface area contributed by atoms with E-state index in [9.17, 15) is 9.59 Å². The first-order valence-corrected chi connectivity index (χ1v) is 12.0.